The summed E-state index contributed by atoms with van der Waals surface area (Å²) < 4.78 is 4.95. The van der Waals surface area contributed by atoms with Crippen LogP contribution >= 0.6 is 22.6 Å². The molecule has 1 N–H and O–H groups in total. The Morgan fingerprint density at radius 2 is 2.40 bits per heavy atom. The van der Waals surface area contributed by atoms with Crippen LogP contribution in [0.2, 0.25) is 0 Å². The molecule has 10 heavy (non-hydrogen) atoms. The monoisotopic (exact) mass is 255 g/mol. The van der Waals surface area contributed by atoms with Crippen LogP contribution in [0.3, 0.4) is 0 Å². The largest absolute Gasteiger partial charge is 0.377 e. The van der Waals surface area contributed by atoms with E-state index >= 15 is 0 Å². The lowest BCUT2D eigenvalue weighted by atomic mass is 10.2. The van der Waals surface area contributed by atoms with E-state index in [2.05, 4.69) is 27.9 Å². The Labute approximate surface area is 73.6 Å². The number of alkyl halides is 1. The van der Waals surface area contributed by atoms with Crippen LogP contribution in [0, 0.1) is 0 Å². The maximum atomic E-state index is 11.0. The molecule has 0 aromatic rings. The number of ether oxygens (including phenoxy) is 1. The molecule has 0 aromatic heterocycles. The fourth-order valence-electron chi connectivity index (χ4n) is 0.635. The van der Waals surface area contributed by atoms with E-state index in [1.54, 1.807) is 0 Å². The number of amides is 1. The van der Waals surface area contributed by atoms with Crippen LogP contribution in [0.15, 0.2) is 0 Å². The zero-order valence-electron chi connectivity index (χ0n) is 5.76. The summed E-state index contributed by atoms with van der Waals surface area (Å²) in [5.74, 6) is 0.105. The number of nitrogens with one attached hydrogen (secondary N) is 1. The predicted molar refractivity (Wildman–Crippen MR) is 46.2 cm³/mol. The minimum atomic E-state index is 0.0539. The van der Waals surface area contributed by atoms with E-state index in [1.807, 2.05) is 6.92 Å². The van der Waals surface area contributed by atoms with E-state index < -0.39 is 0 Å². The first kappa shape index (κ1) is 8.26. The highest BCUT2D eigenvalue weighted by molar-refractivity contribution is 14.1. The fourth-order valence-corrected chi connectivity index (χ4v) is 0.815. The Balaban J connectivity index is 2.17. The molecule has 0 aromatic carbocycles. The van der Waals surface area contributed by atoms with Gasteiger partial charge in [0.05, 0.1) is 23.2 Å². The number of halogens is 1. The van der Waals surface area contributed by atoms with Crippen LogP contribution < -0.4 is 5.32 Å². The highest BCUT2D eigenvalue weighted by Crippen LogP contribution is 2.03. The van der Waals surface area contributed by atoms with Gasteiger partial charge in [-0.25, -0.2) is 0 Å². The normalized spacial score (nSPS) is 21.4. The number of hydrogen-bond donors (Lipinski definition) is 1. The number of hydrogen-bond acceptors (Lipinski definition) is 2. The third-order valence-corrected chi connectivity index (χ3v) is 1.91. The molecule has 1 saturated heterocycles. The van der Waals surface area contributed by atoms with Crippen LogP contribution in [0.5, 0.6) is 0 Å². The van der Waals surface area contributed by atoms with Crippen molar-refractivity contribution < 1.29 is 9.53 Å². The van der Waals surface area contributed by atoms with Crippen molar-refractivity contribution in [2.45, 2.75) is 16.9 Å². The Morgan fingerprint density at radius 3 is 2.70 bits per heavy atom. The van der Waals surface area contributed by atoms with E-state index in [0.717, 1.165) is 0 Å². The first-order chi connectivity index (χ1) is 4.70. The maximum Gasteiger partial charge on any atom is 0.233 e. The Morgan fingerprint density at radius 1 is 1.80 bits per heavy atom. The molecule has 1 aliphatic rings. The molecule has 0 bridgehead atoms. The summed E-state index contributed by atoms with van der Waals surface area (Å²) >= 11 is 2.09. The lowest BCUT2D eigenvalue weighted by Gasteiger charge is -2.27. The second-order valence-corrected chi connectivity index (χ2v) is 4.23. The van der Waals surface area contributed by atoms with Gasteiger partial charge in [0, 0.05) is 0 Å². The highest BCUT2D eigenvalue weighted by atomic mass is 127. The van der Waals surface area contributed by atoms with Crippen molar-refractivity contribution in [3.63, 3.8) is 0 Å². The predicted octanol–water partition coefficient (Wildman–Crippen LogP) is 0.325. The summed E-state index contributed by atoms with van der Waals surface area (Å²) in [6, 6.07) is 0.268. The zero-order valence-corrected chi connectivity index (χ0v) is 7.92. The summed E-state index contributed by atoms with van der Waals surface area (Å²) in [6.45, 7) is 3.22. The van der Waals surface area contributed by atoms with Crippen LogP contribution in [0.1, 0.15) is 6.92 Å². The Kier molecular flexibility index (Phi) is 2.91. The van der Waals surface area contributed by atoms with Gasteiger partial charge in [-0.15, -0.1) is 0 Å². The molecule has 3 nitrogen and oxygen atoms in total. The van der Waals surface area contributed by atoms with Gasteiger partial charge in [-0.05, 0) is 6.92 Å². The molecule has 1 amide bonds. The van der Waals surface area contributed by atoms with Crippen molar-refractivity contribution in [3.8, 4) is 0 Å². The number of carbonyl (C=O) groups excluding carboxylic acids is 1. The standard InChI is InChI=1S/C6H10INO2/c1-4(7)6(9)8-5-2-10-3-5/h4-5H,2-3H2,1H3,(H,8,9). The fraction of sp³-hybridized carbons (Fsp3) is 0.833. The topological polar surface area (TPSA) is 38.3 Å². The van der Waals surface area contributed by atoms with Gasteiger partial charge in [0.1, 0.15) is 0 Å². The van der Waals surface area contributed by atoms with E-state index in [1.165, 1.54) is 0 Å². The van der Waals surface area contributed by atoms with Gasteiger partial charge in [0.25, 0.3) is 0 Å². The molecule has 0 aliphatic carbocycles. The van der Waals surface area contributed by atoms with Crippen molar-refractivity contribution in [3.05, 3.63) is 0 Å². The van der Waals surface area contributed by atoms with Crippen molar-refractivity contribution in [2.75, 3.05) is 13.2 Å². The van der Waals surface area contributed by atoms with E-state index in [4.69, 9.17) is 4.74 Å². The van der Waals surface area contributed by atoms with Gasteiger partial charge in [0.15, 0.2) is 0 Å². The van der Waals surface area contributed by atoms with E-state index in [-0.39, 0.29) is 15.9 Å². The average Bonchev–Trinajstić information content (AvgIpc) is 1.77. The Hall–Kier alpha value is 0.160. The van der Waals surface area contributed by atoms with E-state index in [0.29, 0.717) is 13.2 Å². The molecule has 1 fully saturated rings. The summed E-state index contributed by atoms with van der Waals surface area (Å²) in [5.41, 5.74) is 0. The minimum absolute atomic E-state index is 0.0539. The first-order valence-corrected chi connectivity index (χ1v) is 4.47. The molecule has 0 spiro atoms. The van der Waals surface area contributed by atoms with Gasteiger partial charge in [-0.3, -0.25) is 4.79 Å². The lowest BCUT2D eigenvalue weighted by Crippen LogP contribution is -2.50. The minimum Gasteiger partial charge on any atom is -0.377 e. The second kappa shape index (κ2) is 3.52. The molecular formula is C6H10INO2. The quantitative estimate of drug-likeness (QED) is 0.570. The molecule has 1 rings (SSSR count). The average molecular weight is 255 g/mol. The van der Waals surface area contributed by atoms with E-state index in [9.17, 15) is 4.79 Å². The van der Waals surface area contributed by atoms with Crippen LogP contribution in [-0.4, -0.2) is 29.1 Å². The lowest BCUT2D eigenvalue weighted by molar-refractivity contribution is -0.124. The van der Waals surface area contributed by atoms with Crippen molar-refractivity contribution >= 4 is 28.5 Å². The summed E-state index contributed by atoms with van der Waals surface area (Å²) in [7, 11) is 0. The third kappa shape index (κ3) is 2.09. The molecule has 0 radical (unpaired) electrons. The van der Waals surface area contributed by atoms with Crippen LogP contribution in [-0.2, 0) is 9.53 Å². The SMILES string of the molecule is CC(I)C(=O)NC1COC1. The molecule has 58 valence electrons. The van der Waals surface area contributed by atoms with Crippen molar-refractivity contribution in [1.82, 2.24) is 5.32 Å². The molecule has 1 aliphatic heterocycles. The molecule has 1 atom stereocenters. The van der Waals surface area contributed by atoms with Crippen LogP contribution in [0.4, 0.5) is 0 Å². The van der Waals surface area contributed by atoms with Crippen LogP contribution in [0.25, 0.3) is 0 Å². The highest BCUT2D eigenvalue weighted by Gasteiger charge is 2.21. The van der Waals surface area contributed by atoms with Gasteiger partial charge in [-0.1, -0.05) is 22.6 Å². The zero-order chi connectivity index (χ0) is 7.56. The molecule has 0 saturated carbocycles. The Bertz CT molecular complexity index is 134. The van der Waals surface area contributed by atoms with Crippen molar-refractivity contribution in [2.24, 2.45) is 0 Å². The van der Waals surface area contributed by atoms with Gasteiger partial charge in [-0.2, -0.15) is 0 Å². The second-order valence-electron chi connectivity index (χ2n) is 2.36. The molecule has 4 heteroatoms. The van der Waals surface area contributed by atoms with Gasteiger partial charge < -0.3 is 10.1 Å². The van der Waals surface area contributed by atoms with Crippen molar-refractivity contribution in [1.29, 1.82) is 0 Å². The summed E-state index contributed by atoms with van der Waals surface area (Å²) in [4.78, 5) is 11.0. The third-order valence-electron chi connectivity index (χ3n) is 1.35. The summed E-state index contributed by atoms with van der Waals surface area (Å²) in [5, 5.41) is 2.84. The molecular weight excluding hydrogens is 245 g/mol. The van der Waals surface area contributed by atoms with Gasteiger partial charge >= 0.3 is 0 Å². The number of carbonyl (C=O) groups is 1. The molecule has 1 heterocycles. The smallest absolute Gasteiger partial charge is 0.233 e. The summed E-state index contributed by atoms with van der Waals surface area (Å²) in [6.07, 6.45) is 0. The first-order valence-electron chi connectivity index (χ1n) is 3.22. The molecule has 1 unspecified atom stereocenters. The number of rotatable bonds is 2. The maximum absolute atomic E-state index is 11.0. The van der Waals surface area contributed by atoms with Gasteiger partial charge in [0.2, 0.25) is 5.91 Å².